The van der Waals surface area contributed by atoms with Crippen LogP contribution in [0.3, 0.4) is 0 Å². The number of carbonyl (C=O) groups is 1. The molecule has 2 N–H and O–H groups in total. The number of amides is 2. The molecule has 2 bridgehead atoms. The lowest BCUT2D eigenvalue weighted by Gasteiger charge is -2.47. The molecule has 2 amide bonds. The second-order valence-corrected chi connectivity index (χ2v) is 10.0. The molecular formula is C24H35N3O. The zero-order valence-corrected chi connectivity index (χ0v) is 17.3. The lowest BCUT2D eigenvalue weighted by Crippen LogP contribution is -2.57. The number of nitrogens with one attached hydrogen (secondary N) is 2. The number of hydrogen-bond donors (Lipinski definition) is 2. The third-order valence-corrected chi connectivity index (χ3v) is 8.31. The Morgan fingerprint density at radius 3 is 2.86 bits per heavy atom. The maximum absolute atomic E-state index is 13.1. The molecule has 1 saturated heterocycles. The van der Waals surface area contributed by atoms with Gasteiger partial charge in [0.25, 0.3) is 0 Å². The smallest absolute Gasteiger partial charge is 0.317 e. The molecule has 1 aromatic carbocycles. The second-order valence-electron chi connectivity index (χ2n) is 10.0. The Kier molecular flexibility index (Phi) is 4.86. The topological polar surface area (TPSA) is 44.4 Å². The summed E-state index contributed by atoms with van der Waals surface area (Å²) in [6.45, 7) is 6.12. The number of hydrogen-bond acceptors (Lipinski definition) is 2. The summed E-state index contributed by atoms with van der Waals surface area (Å²) in [4.78, 5) is 15.2. The summed E-state index contributed by atoms with van der Waals surface area (Å²) < 4.78 is 0. The third-order valence-electron chi connectivity index (χ3n) is 8.31. The molecule has 4 unspecified atom stereocenters. The Morgan fingerprint density at radius 1 is 1.18 bits per heavy atom. The Labute approximate surface area is 169 Å². The van der Waals surface area contributed by atoms with Gasteiger partial charge in [-0.05, 0) is 61.0 Å². The standard InChI is InChI=1S/C24H35N3O/c1-17-13-18-5-4-7-19(14-18)22(17)26-23(28)27-11-9-24(10-12-27)16-25-15-20-6-2-3-8-21(20)24/h2-3,6,8,17-19,22,25H,4-5,7,9-16H2,1H3,(H,26,28). The highest BCUT2D eigenvalue weighted by Crippen LogP contribution is 2.43. The van der Waals surface area contributed by atoms with Crippen LogP contribution in [0.5, 0.6) is 0 Å². The molecular weight excluding hydrogens is 346 g/mol. The second kappa shape index (κ2) is 7.37. The Bertz CT molecular complexity index is 722. The minimum absolute atomic E-state index is 0.188. The Balaban J connectivity index is 1.23. The van der Waals surface area contributed by atoms with Crippen molar-refractivity contribution in [3.63, 3.8) is 0 Å². The van der Waals surface area contributed by atoms with Crippen LogP contribution in [0.15, 0.2) is 24.3 Å². The van der Waals surface area contributed by atoms with E-state index in [9.17, 15) is 4.79 Å². The molecule has 1 spiro atoms. The average molecular weight is 382 g/mol. The SMILES string of the molecule is CC1CC2CCCC(C2)C1NC(=O)N1CCC2(CC1)CNCc1ccccc12. The summed E-state index contributed by atoms with van der Waals surface area (Å²) in [6.07, 6.45) is 8.83. The van der Waals surface area contributed by atoms with Gasteiger partial charge in [0, 0.05) is 37.6 Å². The number of fused-ring (bicyclic) bond motifs is 4. The van der Waals surface area contributed by atoms with Crippen molar-refractivity contribution in [3.8, 4) is 0 Å². The van der Waals surface area contributed by atoms with Gasteiger partial charge in [-0.25, -0.2) is 4.79 Å². The number of carbonyl (C=O) groups excluding carboxylic acids is 1. The first-order valence-corrected chi connectivity index (χ1v) is 11.5. The average Bonchev–Trinajstić information content (AvgIpc) is 2.72. The molecule has 1 aromatic rings. The molecule has 4 atom stereocenters. The van der Waals surface area contributed by atoms with Gasteiger partial charge in [0.1, 0.15) is 0 Å². The van der Waals surface area contributed by atoms with Gasteiger partial charge in [0.2, 0.25) is 0 Å². The predicted octanol–water partition coefficient (Wildman–Crippen LogP) is 4.05. The summed E-state index contributed by atoms with van der Waals surface area (Å²) in [6, 6.07) is 9.46. The number of piperidine rings is 1. The van der Waals surface area contributed by atoms with Gasteiger partial charge < -0.3 is 15.5 Å². The van der Waals surface area contributed by atoms with Crippen LogP contribution in [0, 0.1) is 17.8 Å². The molecule has 4 aliphatic rings. The monoisotopic (exact) mass is 381 g/mol. The summed E-state index contributed by atoms with van der Waals surface area (Å²) in [5.74, 6) is 2.24. The zero-order valence-electron chi connectivity index (χ0n) is 17.3. The fourth-order valence-electron chi connectivity index (χ4n) is 6.81. The van der Waals surface area contributed by atoms with Gasteiger partial charge >= 0.3 is 6.03 Å². The lowest BCUT2D eigenvalue weighted by molar-refractivity contribution is 0.0903. The summed E-state index contributed by atoms with van der Waals surface area (Å²) >= 11 is 0. The fourth-order valence-corrected chi connectivity index (χ4v) is 6.81. The first-order valence-electron chi connectivity index (χ1n) is 11.5. The van der Waals surface area contributed by atoms with Crippen LogP contribution in [-0.4, -0.2) is 36.6 Å². The lowest BCUT2D eigenvalue weighted by atomic mass is 9.65. The Hall–Kier alpha value is -1.55. The van der Waals surface area contributed by atoms with Gasteiger partial charge in [0.05, 0.1) is 0 Å². The van der Waals surface area contributed by atoms with Crippen LogP contribution < -0.4 is 10.6 Å². The zero-order chi connectivity index (χ0) is 19.1. The highest BCUT2D eigenvalue weighted by atomic mass is 16.2. The van der Waals surface area contributed by atoms with E-state index in [1.54, 1.807) is 0 Å². The molecule has 4 nitrogen and oxygen atoms in total. The van der Waals surface area contributed by atoms with E-state index >= 15 is 0 Å². The number of likely N-dealkylation sites (tertiary alicyclic amines) is 1. The van der Waals surface area contributed by atoms with E-state index in [4.69, 9.17) is 0 Å². The van der Waals surface area contributed by atoms with E-state index in [0.29, 0.717) is 17.9 Å². The molecule has 0 radical (unpaired) electrons. The van der Waals surface area contributed by atoms with Crippen LogP contribution in [0.1, 0.15) is 63.0 Å². The van der Waals surface area contributed by atoms with Crippen molar-refractivity contribution >= 4 is 6.03 Å². The van der Waals surface area contributed by atoms with E-state index < -0.39 is 0 Å². The molecule has 0 aromatic heterocycles. The molecule has 152 valence electrons. The van der Waals surface area contributed by atoms with Crippen molar-refractivity contribution in [1.82, 2.24) is 15.5 Å². The van der Waals surface area contributed by atoms with Crippen molar-refractivity contribution < 1.29 is 4.79 Å². The fraction of sp³-hybridized carbons (Fsp3) is 0.708. The molecule has 4 heteroatoms. The van der Waals surface area contributed by atoms with Crippen molar-refractivity contribution in [2.75, 3.05) is 19.6 Å². The number of urea groups is 1. The number of nitrogens with zero attached hydrogens (tertiary/aromatic N) is 1. The van der Waals surface area contributed by atoms with Crippen LogP contribution in [-0.2, 0) is 12.0 Å². The first-order chi connectivity index (χ1) is 13.6. The minimum atomic E-state index is 0.188. The third kappa shape index (κ3) is 3.24. The summed E-state index contributed by atoms with van der Waals surface area (Å²) in [5, 5.41) is 7.10. The van der Waals surface area contributed by atoms with E-state index in [0.717, 1.165) is 44.9 Å². The van der Waals surface area contributed by atoms with Crippen molar-refractivity contribution in [2.24, 2.45) is 17.8 Å². The van der Waals surface area contributed by atoms with Crippen molar-refractivity contribution in [2.45, 2.75) is 69.9 Å². The van der Waals surface area contributed by atoms with E-state index in [1.807, 2.05) is 0 Å². The van der Waals surface area contributed by atoms with E-state index in [-0.39, 0.29) is 11.4 Å². The van der Waals surface area contributed by atoms with Gasteiger partial charge in [-0.1, -0.05) is 44.0 Å². The minimum Gasteiger partial charge on any atom is -0.335 e. The Morgan fingerprint density at radius 2 is 2.00 bits per heavy atom. The molecule has 3 fully saturated rings. The normalized spacial score (nSPS) is 34.0. The van der Waals surface area contributed by atoms with Gasteiger partial charge in [-0.2, -0.15) is 0 Å². The highest BCUT2D eigenvalue weighted by molar-refractivity contribution is 5.74. The van der Waals surface area contributed by atoms with Crippen LogP contribution in [0.25, 0.3) is 0 Å². The first kappa shape index (κ1) is 18.5. The van der Waals surface area contributed by atoms with E-state index in [1.165, 1.54) is 43.2 Å². The predicted molar refractivity (Wildman–Crippen MR) is 112 cm³/mol. The van der Waals surface area contributed by atoms with Crippen LogP contribution in [0.4, 0.5) is 4.79 Å². The van der Waals surface area contributed by atoms with Gasteiger partial charge in [-0.15, -0.1) is 0 Å². The van der Waals surface area contributed by atoms with Gasteiger partial charge in [0.15, 0.2) is 0 Å². The molecule has 5 rings (SSSR count). The maximum Gasteiger partial charge on any atom is 0.317 e. The van der Waals surface area contributed by atoms with Crippen molar-refractivity contribution in [3.05, 3.63) is 35.4 Å². The molecule has 2 saturated carbocycles. The van der Waals surface area contributed by atoms with E-state index in [2.05, 4.69) is 46.7 Å². The molecule has 2 heterocycles. The largest absolute Gasteiger partial charge is 0.335 e. The molecule has 28 heavy (non-hydrogen) atoms. The summed E-state index contributed by atoms with van der Waals surface area (Å²) in [7, 11) is 0. The maximum atomic E-state index is 13.1. The van der Waals surface area contributed by atoms with Crippen LogP contribution in [0.2, 0.25) is 0 Å². The summed E-state index contributed by atoms with van der Waals surface area (Å²) in [5.41, 5.74) is 3.16. The van der Waals surface area contributed by atoms with Gasteiger partial charge in [-0.3, -0.25) is 0 Å². The molecule has 2 aliphatic carbocycles. The highest BCUT2D eigenvalue weighted by Gasteiger charge is 2.42. The quantitative estimate of drug-likeness (QED) is 0.771. The number of rotatable bonds is 1. The molecule has 2 aliphatic heterocycles. The number of benzene rings is 1. The van der Waals surface area contributed by atoms with Crippen molar-refractivity contribution in [1.29, 1.82) is 0 Å². The van der Waals surface area contributed by atoms with Crippen LogP contribution >= 0.6 is 0 Å².